The number of amides is 1. The maximum atomic E-state index is 11.6. The van der Waals surface area contributed by atoms with Gasteiger partial charge in [0.05, 0.1) is 0 Å². The van der Waals surface area contributed by atoms with Crippen molar-refractivity contribution < 1.29 is 4.79 Å². The molecule has 0 atom stereocenters. The molecule has 1 rings (SSSR count). The molecule has 0 aromatic heterocycles. The Morgan fingerprint density at radius 2 is 2.07 bits per heavy atom. The van der Waals surface area contributed by atoms with E-state index in [0.29, 0.717) is 11.5 Å². The molecule has 1 aromatic rings. The van der Waals surface area contributed by atoms with Gasteiger partial charge in [0.15, 0.2) is 0 Å². The molecule has 0 saturated carbocycles. The Morgan fingerprint density at radius 3 is 2.67 bits per heavy atom. The van der Waals surface area contributed by atoms with Crippen LogP contribution in [0, 0.1) is 12.8 Å². The number of rotatable bonds is 3. The Balaban J connectivity index is 2.66. The quantitative estimate of drug-likeness (QED) is 0.596. The number of hydrogen-bond acceptors (Lipinski definition) is 2. The van der Waals surface area contributed by atoms with Gasteiger partial charge in [0.2, 0.25) is 0 Å². The van der Waals surface area contributed by atoms with E-state index in [2.05, 4.69) is 10.5 Å². The predicted molar refractivity (Wildman–Crippen MR) is 62.0 cm³/mol. The van der Waals surface area contributed by atoms with Crippen molar-refractivity contribution in [2.75, 3.05) is 0 Å². The van der Waals surface area contributed by atoms with Crippen LogP contribution in [0.4, 0.5) is 0 Å². The average molecular weight is 204 g/mol. The summed E-state index contributed by atoms with van der Waals surface area (Å²) in [5.74, 6) is 0.173. The third kappa shape index (κ3) is 3.54. The Bertz CT molecular complexity index is 370. The molecule has 0 unspecified atom stereocenters. The maximum Gasteiger partial charge on any atom is 0.271 e. The van der Waals surface area contributed by atoms with Crippen molar-refractivity contribution in [1.29, 1.82) is 0 Å². The van der Waals surface area contributed by atoms with Crippen molar-refractivity contribution in [3.63, 3.8) is 0 Å². The van der Waals surface area contributed by atoms with Crippen molar-refractivity contribution in [3.05, 3.63) is 35.4 Å². The number of carbonyl (C=O) groups is 1. The fourth-order valence-corrected chi connectivity index (χ4v) is 1.13. The first kappa shape index (κ1) is 11.4. The number of benzene rings is 1. The monoisotopic (exact) mass is 204 g/mol. The molecule has 0 saturated heterocycles. The summed E-state index contributed by atoms with van der Waals surface area (Å²) < 4.78 is 0. The zero-order chi connectivity index (χ0) is 11.3. The van der Waals surface area contributed by atoms with Crippen molar-refractivity contribution in [2.45, 2.75) is 20.8 Å². The van der Waals surface area contributed by atoms with Crippen LogP contribution in [0.25, 0.3) is 0 Å². The van der Waals surface area contributed by atoms with Crippen LogP contribution in [0.3, 0.4) is 0 Å². The molecule has 0 aliphatic heterocycles. The second-order valence-electron chi connectivity index (χ2n) is 3.78. The minimum atomic E-state index is -0.162. The van der Waals surface area contributed by atoms with E-state index in [1.165, 1.54) is 0 Å². The third-order valence-electron chi connectivity index (χ3n) is 1.93. The molecule has 0 aliphatic carbocycles. The minimum Gasteiger partial charge on any atom is -0.267 e. The SMILES string of the molecule is Cc1ccccc1C(=O)NN=CC(C)C. The molecular weight excluding hydrogens is 188 g/mol. The van der Waals surface area contributed by atoms with E-state index in [1.54, 1.807) is 12.3 Å². The highest BCUT2D eigenvalue weighted by Gasteiger charge is 2.05. The highest BCUT2D eigenvalue weighted by atomic mass is 16.2. The largest absolute Gasteiger partial charge is 0.271 e. The fourth-order valence-electron chi connectivity index (χ4n) is 1.13. The molecule has 1 amide bonds. The Labute approximate surface area is 90.2 Å². The summed E-state index contributed by atoms with van der Waals surface area (Å²) in [5, 5.41) is 3.86. The van der Waals surface area contributed by atoms with E-state index in [4.69, 9.17) is 0 Å². The van der Waals surface area contributed by atoms with Gasteiger partial charge >= 0.3 is 0 Å². The van der Waals surface area contributed by atoms with Gasteiger partial charge in [-0.2, -0.15) is 5.10 Å². The van der Waals surface area contributed by atoms with Crippen molar-refractivity contribution in [3.8, 4) is 0 Å². The lowest BCUT2D eigenvalue weighted by molar-refractivity contribution is 0.0954. The van der Waals surface area contributed by atoms with Gasteiger partial charge < -0.3 is 0 Å². The van der Waals surface area contributed by atoms with Gasteiger partial charge in [0.25, 0.3) is 5.91 Å². The zero-order valence-electron chi connectivity index (χ0n) is 9.32. The molecule has 3 heteroatoms. The van der Waals surface area contributed by atoms with E-state index in [0.717, 1.165) is 5.56 Å². The fraction of sp³-hybridized carbons (Fsp3) is 0.333. The number of carbonyl (C=O) groups excluding carboxylic acids is 1. The topological polar surface area (TPSA) is 41.5 Å². The lowest BCUT2D eigenvalue weighted by Crippen LogP contribution is -2.18. The van der Waals surface area contributed by atoms with Crippen LogP contribution in [0.1, 0.15) is 29.8 Å². The first-order chi connectivity index (χ1) is 7.11. The van der Waals surface area contributed by atoms with Crippen LogP contribution < -0.4 is 5.43 Å². The molecular formula is C12H16N2O. The first-order valence-electron chi connectivity index (χ1n) is 5.00. The summed E-state index contributed by atoms with van der Waals surface area (Å²) in [6.45, 7) is 5.91. The van der Waals surface area contributed by atoms with E-state index in [1.807, 2.05) is 39.0 Å². The van der Waals surface area contributed by atoms with Gasteiger partial charge in [0.1, 0.15) is 0 Å². The summed E-state index contributed by atoms with van der Waals surface area (Å²) in [4.78, 5) is 11.6. The third-order valence-corrected chi connectivity index (χ3v) is 1.93. The maximum absolute atomic E-state index is 11.6. The van der Waals surface area contributed by atoms with E-state index < -0.39 is 0 Å². The highest BCUT2D eigenvalue weighted by molar-refractivity contribution is 5.95. The molecule has 0 bridgehead atoms. The molecule has 0 heterocycles. The number of aryl methyl sites for hydroxylation is 1. The van der Waals surface area contributed by atoms with Crippen LogP contribution in [0.2, 0.25) is 0 Å². The van der Waals surface area contributed by atoms with Crippen molar-refractivity contribution >= 4 is 12.1 Å². The molecule has 0 fully saturated rings. The first-order valence-corrected chi connectivity index (χ1v) is 5.00. The van der Waals surface area contributed by atoms with Gasteiger partial charge in [0, 0.05) is 11.8 Å². The lowest BCUT2D eigenvalue weighted by atomic mass is 10.1. The van der Waals surface area contributed by atoms with E-state index in [-0.39, 0.29) is 5.91 Å². The Hall–Kier alpha value is -1.64. The normalized spacial score (nSPS) is 10.9. The summed E-state index contributed by atoms with van der Waals surface area (Å²) >= 11 is 0. The zero-order valence-corrected chi connectivity index (χ0v) is 9.32. The smallest absolute Gasteiger partial charge is 0.267 e. The van der Waals surface area contributed by atoms with Gasteiger partial charge in [-0.1, -0.05) is 32.0 Å². The van der Waals surface area contributed by atoms with Crippen LogP contribution in [0.15, 0.2) is 29.4 Å². The van der Waals surface area contributed by atoms with Gasteiger partial charge in [-0.3, -0.25) is 4.79 Å². The van der Waals surface area contributed by atoms with Crippen molar-refractivity contribution in [1.82, 2.24) is 5.43 Å². The van der Waals surface area contributed by atoms with Gasteiger partial charge in [-0.25, -0.2) is 5.43 Å². The summed E-state index contributed by atoms with van der Waals surface area (Å²) in [5.41, 5.74) is 4.12. The van der Waals surface area contributed by atoms with E-state index in [9.17, 15) is 4.79 Å². The predicted octanol–water partition coefficient (Wildman–Crippen LogP) is 2.37. The summed E-state index contributed by atoms with van der Waals surface area (Å²) in [6, 6.07) is 7.44. The molecule has 0 radical (unpaired) electrons. The number of nitrogens with one attached hydrogen (secondary N) is 1. The standard InChI is InChI=1S/C12H16N2O/c1-9(2)8-13-14-12(15)11-7-5-4-6-10(11)3/h4-9H,1-3H3,(H,14,15). The van der Waals surface area contributed by atoms with Crippen LogP contribution in [0.5, 0.6) is 0 Å². The molecule has 1 N–H and O–H groups in total. The van der Waals surface area contributed by atoms with Crippen LogP contribution in [-0.4, -0.2) is 12.1 Å². The minimum absolute atomic E-state index is 0.162. The lowest BCUT2D eigenvalue weighted by Gasteiger charge is -2.03. The number of hydrazone groups is 1. The second-order valence-corrected chi connectivity index (χ2v) is 3.78. The Kier molecular flexibility index (Phi) is 4.03. The van der Waals surface area contributed by atoms with Crippen LogP contribution in [-0.2, 0) is 0 Å². The van der Waals surface area contributed by atoms with Gasteiger partial charge in [-0.05, 0) is 24.5 Å². The molecule has 0 aliphatic rings. The molecule has 3 nitrogen and oxygen atoms in total. The molecule has 15 heavy (non-hydrogen) atoms. The molecule has 80 valence electrons. The second kappa shape index (κ2) is 5.29. The number of nitrogens with zero attached hydrogens (tertiary/aromatic N) is 1. The molecule has 0 spiro atoms. The highest BCUT2D eigenvalue weighted by Crippen LogP contribution is 2.06. The molecule has 1 aromatic carbocycles. The van der Waals surface area contributed by atoms with Gasteiger partial charge in [-0.15, -0.1) is 0 Å². The van der Waals surface area contributed by atoms with E-state index >= 15 is 0 Å². The van der Waals surface area contributed by atoms with Crippen LogP contribution >= 0.6 is 0 Å². The average Bonchev–Trinajstić information content (AvgIpc) is 2.17. The van der Waals surface area contributed by atoms with Crippen molar-refractivity contribution in [2.24, 2.45) is 11.0 Å². The number of hydrogen-bond donors (Lipinski definition) is 1. The summed E-state index contributed by atoms with van der Waals surface area (Å²) in [7, 11) is 0. The summed E-state index contributed by atoms with van der Waals surface area (Å²) in [6.07, 6.45) is 1.70. The Morgan fingerprint density at radius 1 is 1.40 bits per heavy atom.